The number of anilines is 1. The van der Waals surface area contributed by atoms with E-state index in [1.165, 1.54) is 0 Å². The second-order valence-corrected chi connectivity index (χ2v) is 12.6. The number of carbonyl (C=O) groups is 2. The Labute approximate surface area is 266 Å². The highest BCUT2D eigenvalue weighted by Crippen LogP contribution is 2.32. The zero-order valence-electron chi connectivity index (χ0n) is 27.9. The van der Waals surface area contributed by atoms with E-state index >= 15 is 0 Å². The quantitative estimate of drug-likeness (QED) is 0.126. The third kappa shape index (κ3) is 11.6. The molecule has 0 aliphatic carbocycles. The summed E-state index contributed by atoms with van der Waals surface area (Å²) >= 11 is 0. The first kappa shape index (κ1) is 35.1. The highest BCUT2D eigenvalue weighted by molar-refractivity contribution is 5.99. The van der Waals surface area contributed by atoms with Gasteiger partial charge in [0.05, 0.1) is 5.69 Å². The van der Waals surface area contributed by atoms with Crippen LogP contribution >= 0.6 is 0 Å². The zero-order valence-corrected chi connectivity index (χ0v) is 27.9. The summed E-state index contributed by atoms with van der Waals surface area (Å²) in [7, 11) is 0. The monoisotopic (exact) mass is 622 g/mol. The molecule has 1 saturated heterocycles. The molecule has 2 aromatic rings. The van der Waals surface area contributed by atoms with Crippen LogP contribution in [0.15, 0.2) is 29.3 Å². The van der Waals surface area contributed by atoms with Crippen molar-refractivity contribution in [3.63, 3.8) is 0 Å². The highest BCUT2D eigenvalue weighted by Gasteiger charge is 2.28. The number of nitrogens with one attached hydrogen (secondary N) is 2. The molecule has 45 heavy (non-hydrogen) atoms. The van der Waals surface area contributed by atoms with Crippen LogP contribution in [0.5, 0.6) is 5.75 Å². The average molecular weight is 623 g/mol. The van der Waals surface area contributed by atoms with Crippen LogP contribution < -0.4 is 15.4 Å². The van der Waals surface area contributed by atoms with Crippen molar-refractivity contribution in [3.8, 4) is 28.8 Å². The number of aromatic nitrogens is 2. The van der Waals surface area contributed by atoms with Gasteiger partial charge in [0.2, 0.25) is 5.96 Å². The molecule has 2 heterocycles. The van der Waals surface area contributed by atoms with Crippen molar-refractivity contribution in [2.24, 2.45) is 4.99 Å². The fourth-order valence-electron chi connectivity index (χ4n) is 4.51. The van der Waals surface area contributed by atoms with Crippen LogP contribution in [0.25, 0.3) is 11.3 Å². The number of amides is 2. The molecule has 0 unspecified atom stereocenters. The van der Waals surface area contributed by atoms with Gasteiger partial charge in [0.1, 0.15) is 22.8 Å². The van der Waals surface area contributed by atoms with Gasteiger partial charge in [0, 0.05) is 36.9 Å². The summed E-state index contributed by atoms with van der Waals surface area (Å²) in [5.41, 5.74) is 1.73. The van der Waals surface area contributed by atoms with Gasteiger partial charge in [0.15, 0.2) is 6.79 Å². The maximum absolute atomic E-state index is 12.6. The topological polar surface area (TPSA) is 136 Å². The molecule has 244 valence electrons. The van der Waals surface area contributed by atoms with Crippen molar-refractivity contribution in [2.75, 3.05) is 31.8 Å². The maximum atomic E-state index is 12.6. The van der Waals surface area contributed by atoms with Gasteiger partial charge in [-0.2, -0.15) is 0 Å². The third-order valence-electron chi connectivity index (χ3n) is 6.27. The summed E-state index contributed by atoms with van der Waals surface area (Å²) in [5, 5.41) is 15.1. The number of rotatable bonds is 7. The lowest BCUT2D eigenvalue weighted by atomic mass is 10.0. The number of carbonyl (C=O) groups excluding carboxylic acids is 2. The summed E-state index contributed by atoms with van der Waals surface area (Å²) in [4.78, 5) is 31.2. The van der Waals surface area contributed by atoms with E-state index in [0.29, 0.717) is 37.0 Å². The van der Waals surface area contributed by atoms with Crippen LogP contribution in [0, 0.1) is 18.8 Å². The number of hydrogen-bond acceptors (Lipinski definition) is 9. The lowest BCUT2D eigenvalue weighted by Crippen LogP contribution is -2.52. The standard InChI is InChI=1S/C33H46N6O6/c1-10-13-23-15-16-25(26(19-23)43-21-42-11-2)28-22(3)18-27(37-38-28)34-24-14-12-17-39(20-24)29(35-30(40)44-32(4,5)6)36-31(41)45-33(7,8)9/h15-16,18-19,24H,11-12,14,17,20-21H2,1-9H3,(H,34,37)(H,35,36,40,41)/t24-/m1/s1. The molecule has 1 aromatic carbocycles. The van der Waals surface area contributed by atoms with Crippen LogP contribution in [0.3, 0.4) is 0 Å². The summed E-state index contributed by atoms with van der Waals surface area (Å²) in [6.45, 7) is 17.8. The van der Waals surface area contributed by atoms with E-state index in [9.17, 15) is 9.59 Å². The number of hydrogen-bond donors (Lipinski definition) is 2. The number of guanidine groups is 1. The molecule has 1 aliphatic rings. The molecule has 12 nitrogen and oxygen atoms in total. The smallest absolute Gasteiger partial charge is 0.437 e. The number of alkyl carbamates (subject to hydrolysis) is 1. The molecule has 1 fully saturated rings. The number of benzene rings is 1. The highest BCUT2D eigenvalue weighted by atomic mass is 16.7. The molecule has 0 spiro atoms. The van der Waals surface area contributed by atoms with Crippen LogP contribution in [-0.2, 0) is 14.2 Å². The molecule has 1 atom stereocenters. The molecule has 1 aliphatic heterocycles. The summed E-state index contributed by atoms with van der Waals surface area (Å²) < 4.78 is 22.1. The van der Waals surface area contributed by atoms with Crippen molar-refractivity contribution in [1.29, 1.82) is 0 Å². The molecule has 2 N–H and O–H groups in total. The Morgan fingerprint density at radius 3 is 2.47 bits per heavy atom. The lowest BCUT2D eigenvalue weighted by Gasteiger charge is -2.35. The third-order valence-corrected chi connectivity index (χ3v) is 6.27. The van der Waals surface area contributed by atoms with E-state index in [1.54, 1.807) is 48.5 Å². The summed E-state index contributed by atoms with van der Waals surface area (Å²) in [5.74, 6) is 7.24. The average Bonchev–Trinajstić information content (AvgIpc) is 2.92. The van der Waals surface area contributed by atoms with Gasteiger partial charge in [-0.1, -0.05) is 5.92 Å². The van der Waals surface area contributed by atoms with Gasteiger partial charge in [0.25, 0.3) is 0 Å². The van der Waals surface area contributed by atoms with Crippen molar-refractivity contribution in [2.45, 2.75) is 92.4 Å². The predicted octanol–water partition coefficient (Wildman–Crippen LogP) is 5.89. The van der Waals surface area contributed by atoms with Crippen molar-refractivity contribution < 1.29 is 28.5 Å². The first-order valence-electron chi connectivity index (χ1n) is 15.1. The van der Waals surface area contributed by atoms with Crippen molar-refractivity contribution in [1.82, 2.24) is 20.4 Å². The van der Waals surface area contributed by atoms with Gasteiger partial charge in [-0.05, 0) is 105 Å². The Hall–Kier alpha value is -4.37. The first-order valence-corrected chi connectivity index (χ1v) is 15.1. The second-order valence-electron chi connectivity index (χ2n) is 12.6. The van der Waals surface area contributed by atoms with Gasteiger partial charge < -0.3 is 29.2 Å². The Morgan fingerprint density at radius 1 is 1.09 bits per heavy atom. The summed E-state index contributed by atoms with van der Waals surface area (Å²) in [6, 6.07) is 7.58. The molecule has 3 rings (SSSR count). The Morgan fingerprint density at radius 2 is 1.82 bits per heavy atom. The molecule has 1 aromatic heterocycles. The molecule has 0 saturated carbocycles. The van der Waals surface area contributed by atoms with Crippen molar-refractivity contribution >= 4 is 24.0 Å². The van der Waals surface area contributed by atoms with Crippen LogP contribution in [0.4, 0.5) is 15.4 Å². The second kappa shape index (κ2) is 15.6. The Kier molecular flexibility index (Phi) is 12.1. The SMILES string of the molecule is CC#Cc1ccc(-c2nnc(N[C@@H]3CCCN(C(=NC(=O)OC(C)(C)C)NC(=O)OC(C)(C)C)C3)cc2C)c(OCOCC)c1. The minimum Gasteiger partial charge on any atom is -0.467 e. The number of likely N-dealkylation sites (tertiary alicyclic amines) is 1. The van der Waals surface area contributed by atoms with Crippen LogP contribution in [-0.4, -0.2) is 77.0 Å². The van der Waals surface area contributed by atoms with Gasteiger partial charge >= 0.3 is 12.2 Å². The van der Waals surface area contributed by atoms with Gasteiger partial charge in [-0.25, -0.2) is 9.59 Å². The number of aryl methyl sites for hydroxylation is 1. The van der Waals surface area contributed by atoms with Crippen LogP contribution in [0.1, 0.15) is 79.4 Å². The van der Waals surface area contributed by atoms with E-state index in [-0.39, 0.29) is 18.8 Å². The first-order chi connectivity index (χ1) is 21.2. The van der Waals surface area contributed by atoms with Gasteiger partial charge in [-0.3, -0.25) is 5.32 Å². The normalized spacial score (nSPS) is 15.4. The number of ether oxygens (including phenoxy) is 4. The fraction of sp³-hybridized carbons (Fsp3) is 0.545. The van der Waals surface area contributed by atoms with E-state index < -0.39 is 23.4 Å². The molecule has 2 amide bonds. The number of aliphatic imine (C=N–C) groups is 1. The van der Waals surface area contributed by atoms with E-state index in [0.717, 1.165) is 29.5 Å². The van der Waals surface area contributed by atoms with Crippen molar-refractivity contribution in [3.05, 3.63) is 35.4 Å². The fourth-order valence-corrected chi connectivity index (χ4v) is 4.51. The maximum Gasteiger partial charge on any atom is 0.437 e. The Bertz CT molecular complexity index is 1430. The van der Waals surface area contributed by atoms with Gasteiger partial charge in [-0.15, -0.1) is 21.1 Å². The van der Waals surface area contributed by atoms with E-state index in [1.807, 2.05) is 43.0 Å². The molecule has 0 radical (unpaired) electrons. The minimum absolute atomic E-state index is 0.0680. The van der Waals surface area contributed by atoms with E-state index in [2.05, 4.69) is 37.7 Å². The number of piperidine rings is 1. The molecule has 12 heteroatoms. The van der Waals surface area contributed by atoms with Crippen LogP contribution in [0.2, 0.25) is 0 Å². The predicted molar refractivity (Wildman–Crippen MR) is 173 cm³/mol. The lowest BCUT2D eigenvalue weighted by molar-refractivity contribution is 0.0227. The molecular weight excluding hydrogens is 576 g/mol. The molecule has 0 bridgehead atoms. The summed E-state index contributed by atoms with van der Waals surface area (Å²) in [6.07, 6.45) is 0.0934. The molecular formula is C33H46N6O6. The minimum atomic E-state index is -0.805. The number of nitrogens with zero attached hydrogens (tertiary/aromatic N) is 4. The largest absolute Gasteiger partial charge is 0.467 e. The van der Waals surface area contributed by atoms with E-state index in [4.69, 9.17) is 18.9 Å². The zero-order chi connectivity index (χ0) is 33.2. The Balaban J connectivity index is 1.80.